The number of benzene rings is 1. The zero-order chi connectivity index (χ0) is 17.5. The minimum Gasteiger partial charge on any atom is -0.392 e. The van der Waals surface area contributed by atoms with Gasteiger partial charge in [-0.3, -0.25) is 4.79 Å². The number of nitrogens with zero attached hydrogens (tertiary/aromatic N) is 1. The number of amides is 1. The maximum Gasteiger partial charge on any atom is 0.227 e. The van der Waals surface area contributed by atoms with Crippen LogP contribution < -0.4 is 5.32 Å². The summed E-state index contributed by atoms with van der Waals surface area (Å²) in [6, 6.07) is 8.18. The Morgan fingerprint density at radius 2 is 2.00 bits per heavy atom. The third-order valence-corrected chi connectivity index (χ3v) is 7.40. The normalized spacial score (nSPS) is 28.1. The lowest BCUT2D eigenvalue weighted by atomic mass is 10.0. The van der Waals surface area contributed by atoms with Crippen LogP contribution in [0.15, 0.2) is 29.2 Å². The fraction of sp³-hybridized carbons (Fsp3) is 0.500. The molecule has 2 saturated carbocycles. The predicted molar refractivity (Wildman–Crippen MR) is 86.9 cm³/mol. The van der Waals surface area contributed by atoms with Crippen LogP contribution in [0.4, 0.5) is 0 Å². The van der Waals surface area contributed by atoms with Crippen LogP contribution in [-0.4, -0.2) is 36.3 Å². The number of aliphatic hydroxyl groups excluding tert-OH is 1. The monoisotopic (exact) mass is 368 g/mol. The van der Waals surface area contributed by atoms with Gasteiger partial charge < -0.3 is 10.4 Å². The number of halogens is 1. The van der Waals surface area contributed by atoms with Gasteiger partial charge in [0.25, 0.3) is 0 Å². The number of sulfone groups is 1. The van der Waals surface area contributed by atoms with Crippen molar-refractivity contribution < 1.29 is 18.3 Å². The van der Waals surface area contributed by atoms with Gasteiger partial charge in [0.15, 0.2) is 9.84 Å². The third kappa shape index (κ3) is 3.02. The van der Waals surface area contributed by atoms with Crippen LogP contribution in [-0.2, 0) is 14.6 Å². The SMILES string of the molecule is N#CC1(NC(=O)[C@@H]2C[C@@H](S(=O)(=O)c3ccccc3Cl)C[C@H]2O)CC1. The molecule has 128 valence electrons. The highest BCUT2D eigenvalue weighted by Crippen LogP contribution is 2.39. The van der Waals surface area contributed by atoms with E-state index in [0.717, 1.165) is 0 Å². The highest BCUT2D eigenvalue weighted by atomic mass is 35.5. The fourth-order valence-electron chi connectivity index (χ4n) is 3.08. The molecule has 3 rings (SSSR count). The highest BCUT2D eigenvalue weighted by molar-refractivity contribution is 7.92. The van der Waals surface area contributed by atoms with E-state index in [4.69, 9.17) is 16.9 Å². The number of carbonyl (C=O) groups is 1. The standard InChI is InChI=1S/C16H17ClN2O4S/c17-12-3-1-2-4-14(12)24(22,23)10-7-11(13(20)8-10)15(21)19-16(9-18)5-6-16/h1-4,10-11,13,20H,5-8H2,(H,19,21)/t10-,11-,13-/m1/s1. The Hall–Kier alpha value is -1.62. The summed E-state index contributed by atoms with van der Waals surface area (Å²) in [6.45, 7) is 0. The summed E-state index contributed by atoms with van der Waals surface area (Å²) in [6.07, 6.45) is 0.105. The Balaban J connectivity index is 1.77. The van der Waals surface area contributed by atoms with Gasteiger partial charge in [-0.25, -0.2) is 8.42 Å². The number of hydrogen-bond donors (Lipinski definition) is 2. The lowest BCUT2D eigenvalue weighted by Gasteiger charge is -2.16. The summed E-state index contributed by atoms with van der Waals surface area (Å²) in [5.74, 6) is -1.29. The molecule has 6 nitrogen and oxygen atoms in total. The third-order valence-electron chi connectivity index (χ3n) is 4.73. The van der Waals surface area contributed by atoms with Crippen LogP contribution in [0.1, 0.15) is 25.7 Å². The zero-order valence-corrected chi connectivity index (χ0v) is 14.3. The van der Waals surface area contributed by atoms with Gasteiger partial charge in [0.05, 0.1) is 33.3 Å². The van der Waals surface area contributed by atoms with Crippen LogP contribution >= 0.6 is 11.6 Å². The second-order valence-corrected chi connectivity index (χ2v) is 9.03. The number of aliphatic hydroxyl groups is 1. The Kier molecular flexibility index (Phi) is 4.32. The fourth-order valence-corrected chi connectivity index (χ4v) is 5.42. The zero-order valence-electron chi connectivity index (χ0n) is 12.8. The Bertz CT molecular complexity index is 814. The van der Waals surface area contributed by atoms with E-state index < -0.39 is 38.6 Å². The highest BCUT2D eigenvalue weighted by Gasteiger charge is 2.49. The summed E-state index contributed by atoms with van der Waals surface area (Å²) in [5.41, 5.74) is -0.837. The average Bonchev–Trinajstić information content (AvgIpc) is 3.19. The van der Waals surface area contributed by atoms with Crippen molar-refractivity contribution in [2.45, 2.75) is 47.5 Å². The van der Waals surface area contributed by atoms with Crippen molar-refractivity contribution in [3.05, 3.63) is 29.3 Å². The molecule has 2 aliphatic rings. The topological polar surface area (TPSA) is 107 Å². The van der Waals surface area contributed by atoms with Gasteiger partial charge in [-0.05, 0) is 37.8 Å². The van der Waals surface area contributed by atoms with E-state index in [2.05, 4.69) is 5.32 Å². The molecule has 8 heteroatoms. The number of nitrogens with one attached hydrogen (secondary N) is 1. The molecule has 0 aromatic heterocycles. The number of nitriles is 1. The smallest absolute Gasteiger partial charge is 0.227 e. The van der Waals surface area contributed by atoms with Crippen LogP contribution in [0.2, 0.25) is 5.02 Å². The Morgan fingerprint density at radius 1 is 1.33 bits per heavy atom. The molecular formula is C16H17ClN2O4S. The second kappa shape index (κ2) is 6.03. The van der Waals surface area contributed by atoms with Gasteiger partial charge in [0, 0.05) is 0 Å². The van der Waals surface area contributed by atoms with Gasteiger partial charge in [-0.2, -0.15) is 5.26 Å². The Labute approximate surface area is 145 Å². The van der Waals surface area contributed by atoms with Crippen LogP contribution in [0, 0.1) is 17.2 Å². The van der Waals surface area contributed by atoms with E-state index in [9.17, 15) is 18.3 Å². The predicted octanol–water partition coefficient (Wildman–Crippen LogP) is 1.43. The number of hydrogen-bond acceptors (Lipinski definition) is 5. The molecule has 0 saturated heterocycles. The summed E-state index contributed by atoms with van der Waals surface area (Å²) >= 11 is 5.98. The molecule has 0 heterocycles. The minimum atomic E-state index is -3.74. The molecule has 0 spiro atoms. The molecule has 2 aliphatic carbocycles. The molecule has 0 bridgehead atoms. The van der Waals surface area contributed by atoms with E-state index in [1.54, 1.807) is 12.1 Å². The molecule has 24 heavy (non-hydrogen) atoms. The van der Waals surface area contributed by atoms with Gasteiger partial charge in [-0.1, -0.05) is 23.7 Å². The van der Waals surface area contributed by atoms with Gasteiger partial charge in [0.2, 0.25) is 5.91 Å². The molecule has 0 radical (unpaired) electrons. The maximum absolute atomic E-state index is 12.7. The summed E-state index contributed by atoms with van der Waals surface area (Å²) in [5, 5.41) is 21.1. The molecule has 1 aromatic rings. The minimum absolute atomic E-state index is 0.0145. The van der Waals surface area contributed by atoms with Crippen molar-refractivity contribution in [2.24, 2.45) is 5.92 Å². The lowest BCUT2D eigenvalue weighted by molar-refractivity contribution is -0.128. The van der Waals surface area contributed by atoms with E-state index in [1.807, 2.05) is 6.07 Å². The summed E-state index contributed by atoms with van der Waals surface area (Å²) < 4.78 is 25.5. The first kappa shape index (κ1) is 17.2. The molecule has 0 aliphatic heterocycles. The van der Waals surface area contributed by atoms with Crippen molar-refractivity contribution in [1.29, 1.82) is 5.26 Å². The van der Waals surface area contributed by atoms with Gasteiger partial charge >= 0.3 is 0 Å². The molecule has 0 unspecified atom stereocenters. The van der Waals surface area contributed by atoms with Gasteiger partial charge in [0.1, 0.15) is 5.54 Å². The van der Waals surface area contributed by atoms with Crippen molar-refractivity contribution in [2.75, 3.05) is 0 Å². The van der Waals surface area contributed by atoms with Crippen LogP contribution in [0.5, 0.6) is 0 Å². The average molecular weight is 369 g/mol. The van der Waals surface area contributed by atoms with E-state index >= 15 is 0 Å². The lowest BCUT2D eigenvalue weighted by Crippen LogP contribution is -2.42. The first-order valence-corrected chi connectivity index (χ1v) is 9.61. The summed E-state index contributed by atoms with van der Waals surface area (Å²) in [7, 11) is -3.74. The largest absolute Gasteiger partial charge is 0.392 e. The maximum atomic E-state index is 12.7. The van der Waals surface area contributed by atoms with Crippen molar-refractivity contribution >= 4 is 27.3 Å². The molecular weight excluding hydrogens is 352 g/mol. The number of rotatable bonds is 4. The molecule has 2 fully saturated rings. The van der Waals surface area contributed by atoms with Gasteiger partial charge in [-0.15, -0.1) is 0 Å². The van der Waals surface area contributed by atoms with Crippen LogP contribution in [0.25, 0.3) is 0 Å². The first-order chi connectivity index (χ1) is 11.3. The second-order valence-electron chi connectivity index (χ2n) is 6.43. The van der Waals surface area contributed by atoms with Crippen molar-refractivity contribution in [3.63, 3.8) is 0 Å². The molecule has 2 N–H and O–H groups in total. The molecule has 1 aromatic carbocycles. The van der Waals surface area contributed by atoms with Crippen molar-refractivity contribution in [3.8, 4) is 6.07 Å². The van der Waals surface area contributed by atoms with Crippen molar-refractivity contribution in [1.82, 2.24) is 5.32 Å². The van der Waals surface area contributed by atoms with E-state index in [0.29, 0.717) is 12.8 Å². The first-order valence-electron chi connectivity index (χ1n) is 7.69. The van der Waals surface area contributed by atoms with Crippen LogP contribution in [0.3, 0.4) is 0 Å². The molecule has 1 amide bonds. The van der Waals surface area contributed by atoms with E-state index in [-0.39, 0.29) is 22.8 Å². The quantitative estimate of drug-likeness (QED) is 0.835. The summed E-state index contributed by atoms with van der Waals surface area (Å²) in [4.78, 5) is 12.3. The number of carbonyl (C=O) groups excluding carboxylic acids is 1. The Morgan fingerprint density at radius 3 is 2.58 bits per heavy atom. The van der Waals surface area contributed by atoms with E-state index in [1.165, 1.54) is 12.1 Å². The molecule has 3 atom stereocenters.